The molecule has 0 bridgehead atoms. The topological polar surface area (TPSA) is 66.6 Å². The molecule has 0 radical (unpaired) electrons. The molecule has 2 aromatic carbocycles. The van der Waals surface area contributed by atoms with Crippen molar-refractivity contribution in [2.75, 3.05) is 17.2 Å². The van der Waals surface area contributed by atoms with E-state index in [4.69, 9.17) is 5.73 Å². The summed E-state index contributed by atoms with van der Waals surface area (Å²) < 4.78 is 0. The van der Waals surface area contributed by atoms with Crippen molar-refractivity contribution in [3.63, 3.8) is 0 Å². The van der Waals surface area contributed by atoms with Gasteiger partial charge in [-0.15, -0.1) is 0 Å². The zero-order valence-corrected chi connectivity index (χ0v) is 11.3. The van der Waals surface area contributed by atoms with E-state index in [1.807, 2.05) is 25.1 Å². The number of fused-ring (bicyclic) bond motifs is 1. The van der Waals surface area contributed by atoms with Crippen molar-refractivity contribution in [2.45, 2.75) is 13.3 Å². The van der Waals surface area contributed by atoms with E-state index in [1.165, 1.54) is 0 Å². The van der Waals surface area contributed by atoms with Crippen LogP contribution in [0.2, 0.25) is 0 Å². The van der Waals surface area contributed by atoms with Crippen molar-refractivity contribution in [3.05, 3.63) is 53.1 Å². The number of hydrogen-bond acceptors (Lipinski definition) is 3. The van der Waals surface area contributed by atoms with E-state index >= 15 is 0 Å². The van der Waals surface area contributed by atoms with Crippen LogP contribution in [0.15, 0.2) is 36.4 Å². The first-order chi connectivity index (χ1) is 9.56. The van der Waals surface area contributed by atoms with Crippen molar-refractivity contribution >= 4 is 17.3 Å². The molecule has 0 aromatic heterocycles. The Hall–Kier alpha value is -2.49. The number of aryl methyl sites for hydroxylation is 1. The van der Waals surface area contributed by atoms with Crippen LogP contribution in [0, 0.1) is 6.92 Å². The minimum absolute atomic E-state index is 0.0268. The Labute approximate surface area is 117 Å². The molecule has 1 amide bonds. The average molecular weight is 268 g/mol. The molecular weight excluding hydrogens is 252 g/mol. The van der Waals surface area contributed by atoms with Gasteiger partial charge in [-0.2, -0.15) is 0 Å². The van der Waals surface area contributed by atoms with Gasteiger partial charge in [0.25, 0.3) is 5.91 Å². The van der Waals surface area contributed by atoms with Gasteiger partial charge in [0.05, 0.1) is 5.56 Å². The Balaban J connectivity index is 1.97. The molecule has 1 heterocycles. The van der Waals surface area contributed by atoms with Crippen LogP contribution >= 0.6 is 0 Å². The van der Waals surface area contributed by atoms with Gasteiger partial charge in [0.15, 0.2) is 0 Å². The van der Waals surface area contributed by atoms with Crippen LogP contribution in [-0.2, 0) is 6.42 Å². The predicted molar refractivity (Wildman–Crippen MR) is 79.1 cm³/mol. The maximum atomic E-state index is 12.6. The maximum absolute atomic E-state index is 12.6. The summed E-state index contributed by atoms with van der Waals surface area (Å²) in [6.45, 7) is 2.49. The van der Waals surface area contributed by atoms with Crippen LogP contribution in [0.3, 0.4) is 0 Å². The first-order valence-corrected chi connectivity index (χ1v) is 6.56. The SMILES string of the molecule is Cc1ccc(C(=O)N2CCc3cc(N)ccc32)c(O)c1. The smallest absolute Gasteiger partial charge is 0.262 e. The number of phenols is 1. The predicted octanol–water partition coefficient (Wildman–Crippen LogP) is 2.49. The number of amides is 1. The molecule has 4 nitrogen and oxygen atoms in total. The van der Waals surface area contributed by atoms with E-state index in [2.05, 4.69) is 0 Å². The van der Waals surface area contributed by atoms with E-state index in [-0.39, 0.29) is 11.7 Å². The Bertz CT molecular complexity index is 695. The molecule has 3 N–H and O–H groups in total. The molecule has 4 heteroatoms. The fraction of sp³-hybridized carbons (Fsp3) is 0.188. The Morgan fingerprint density at radius 1 is 1.25 bits per heavy atom. The largest absolute Gasteiger partial charge is 0.507 e. The molecule has 0 unspecified atom stereocenters. The van der Waals surface area contributed by atoms with Gasteiger partial charge in [0, 0.05) is 17.9 Å². The number of nitrogens with zero attached hydrogens (tertiary/aromatic N) is 1. The first-order valence-electron chi connectivity index (χ1n) is 6.56. The summed E-state index contributed by atoms with van der Waals surface area (Å²) in [6.07, 6.45) is 0.790. The number of anilines is 2. The molecule has 102 valence electrons. The van der Waals surface area contributed by atoms with E-state index in [0.29, 0.717) is 17.8 Å². The van der Waals surface area contributed by atoms with Gasteiger partial charge in [0.1, 0.15) is 5.75 Å². The first kappa shape index (κ1) is 12.5. The molecule has 1 aliphatic heterocycles. The third-order valence-electron chi connectivity index (χ3n) is 3.63. The van der Waals surface area contributed by atoms with Crippen molar-refractivity contribution < 1.29 is 9.90 Å². The molecule has 20 heavy (non-hydrogen) atoms. The van der Waals surface area contributed by atoms with E-state index < -0.39 is 0 Å². The van der Waals surface area contributed by atoms with Crippen molar-refractivity contribution in [3.8, 4) is 5.75 Å². The Morgan fingerprint density at radius 2 is 2.05 bits per heavy atom. The molecule has 0 atom stereocenters. The summed E-state index contributed by atoms with van der Waals surface area (Å²) in [5, 5.41) is 9.95. The monoisotopic (exact) mass is 268 g/mol. The lowest BCUT2D eigenvalue weighted by Crippen LogP contribution is -2.28. The van der Waals surface area contributed by atoms with E-state index in [9.17, 15) is 9.90 Å². The molecular formula is C16H16N2O2. The second-order valence-corrected chi connectivity index (χ2v) is 5.12. The standard InChI is InChI=1S/C16H16N2O2/c1-10-2-4-13(15(19)8-10)16(20)18-7-6-11-9-12(17)3-5-14(11)18/h2-5,8-9,19H,6-7,17H2,1H3. The van der Waals surface area contributed by atoms with Gasteiger partial charge in [-0.3, -0.25) is 4.79 Å². The molecule has 0 fully saturated rings. The fourth-order valence-electron chi connectivity index (χ4n) is 2.60. The summed E-state index contributed by atoms with van der Waals surface area (Å²) in [6, 6.07) is 10.7. The average Bonchev–Trinajstić information content (AvgIpc) is 2.80. The number of phenolic OH excluding ortho intramolecular Hbond substituents is 1. The zero-order chi connectivity index (χ0) is 14.3. The number of nitrogens with two attached hydrogens (primary N) is 1. The highest BCUT2D eigenvalue weighted by atomic mass is 16.3. The summed E-state index contributed by atoms with van der Waals surface area (Å²) in [4.78, 5) is 14.3. The van der Waals surface area contributed by atoms with E-state index in [1.54, 1.807) is 23.1 Å². The number of carbonyl (C=O) groups is 1. The minimum Gasteiger partial charge on any atom is -0.507 e. The van der Waals surface area contributed by atoms with E-state index in [0.717, 1.165) is 23.2 Å². The minimum atomic E-state index is -0.175. The second kappa shape index (κ2) is 4.56. The summed E-state index contributed by atoms with van der Waals surface area (Å²) in [5.74, 6) is -0.148. The van der Waals surface area contributed by atoms with Gasteiger partial charge in [-0.1, -0.05) is 6.07 Å². The van der Waals surface area contributed by atoms with Crippen LogP contribution in [0.1, 0.15) is 21.5 Å². The van der Waals surface area contributed by atoms with Crippen LogP contribution in [-0.4, -0.2) is 17.6 Å². The molecule has 0 saturated heterocycles. The highest BCUT2D eigenvalue weighted by Crippen LogP contribution is 2.32. The lowest BCUT2D eigenvalue weighted by atomic mass is 10.1. The second-order valence-electron chi connectivity index (χ2n) is 5.12. The van der Waals surface area contributed by atoms with Crippen LogP contribution in [0.4, 0.5) is 11.4 Å². The molecule has 2 aromatic rings. The van der Waals surface area contributed by atoms with Gasteiger partial charge >= 0.3 is 0 Å². The lowest BCUT2D eigenvalue weighted by Gasteiger charge is -2.18. The normalized spacial score (nSPS) is 13.3. The number of carbonyl (C=O) groups excluding carboxylic acids is 1. The quantitative estimate of drug-likeness (QED) is 0.781. The number of hydrogen-bond donors (Lipinski definition) is 2. The molecule has 3 rings (SSSR count). The van der Waals surface area contributed by atoms with Gasteiger partial charge < -0.3 is 15.7 Å². The zero-order valence-electron chi connectivity index (χ0n) is 11.3. The third kappa shape index (κ3) is 1.99. The fourth-order valence-corrected chi connectivity index (χ4v) is 2.60. The Morgan fingerprint density at radius 3 is 2.80 bits per heavy atom. The summed E-state index contributed by atoms with van der Waals surface area (Å²) in [5.41, 5.74) is 9.68. The van der Waals surface area contributed by atoms with Crippen LogP contribution in [0.25, 0.3) is 0 Å². The number of aromatic hydroxyl groups is 1. The summed E-state index contributed by atoms with van der Waals surface area (Å²) >= 11 is 0. The Kier molecular flexibility index (Phi) is 2.86. The van der Waals surface area contributed by atoms with Gasteiger partial charge in [0.2, 0.25) is 0 Å². The maximum Gasteiger partial charge on any atom is 0.262 e. The van der Waals surface area contributed by atoms with Crippen molar-refractivity contribution in [1.29, 1.82) is 0 Å². The molecule has 0 aliphatic carbocycles. The molecule has 1 aliphatic rings. The van der Waals surface area contributed by atoms with Crippen molar-refractivity contribution in [1.82, 2.24) is 0 Å². The highest BCUT2D eigenvalue weighted by Gasteiger charge is 2.27. The van der Waals surface area contributed by atoms with Crippen molar-refractivity contribution in [2.24, 2.45) is 0 Å². The van der Waals surface area contributed by atoms with Crippen LogP contribution in [0.5, 0.6) is 5.75 Å². The van der Waals surface area contributed by atoms with Crippen LogP contribution < -0.4 is 10.6 Å². The third-order valence-corrected chi connectivity index (χ3v) is 3.63. The number of benzene rings is 2. The molecule has 0 spiro atoms. The lowest BCUT2D eigenvalue weighted by molar-refractivity contribution is 0.0987. The highest BCUT2D eigenvalue weighted by molar-refractivity contribution is 6.09. The number of rotatable bonds is 1. The molecule has 0 saturated carbocycles. The number of nitrogen functional groups attached to an aromatic ring is 1. The van der Waals surface area contributed by atoms with Gasteiger partial charge in [-0.05, 0) is 54.8 Å². The van der Waals surface area contributed by atoms with Gasteiger partial charge in [-0.25, -0.2) is 0 Å². The summed E-state index contributed by atoms with van der Waals surface area (Å²) in [7, 11) is 0.